The van der Waals surface area contributed by atoms with Crippen LogP contribution in [-0.2, 0) is 4.74 Å². The van der Waals surface area contributed by atoms with E-state index in [-0.39, 0.29) is 11.5 Å². The van der Waals surface area contributed by atoms with Crippen LogP contribution in [0, 0.1) is 5.41 Å². The average Bonchev–Trinajstić information content (AvgIpc) is 2.32. The summed E-state index contributed by atoms with van der Waals surface area (Å²) in [5.41, 5.74) is 2.30. The highest BCUT2D eigenvalue weighted by Crippen LogP contribution is 2.42. The lowest BCUT2D eigenvalue weighted by atomic mass is 9.75. The van der Waals surface area contributed by atoms with Crippen LogP contribution < -0.4 is 0 Å². The molecule has 0 radical (unpaired) electrons. The quantitative estimate of drug-likeness (QED) is 0.861. The fraction of sp³-hybridized carbons (Fsp3) is 0.667. The van der Waals surface area contributed by atoms with Crippen LogP contribution in [-0.4, -0.2) is 17.8 Å². The molecule has 1 aromatic rings. The Labute approximate surface area is 123 Å². The zero-order valence-electron chi connectivity index (χ0n) is 13.2. The maximum Gasteiger partial charge on any atom is 0.106 e. The molecule has 0 spiro atoms. The molecule has 0 heterocycles. The second-order valence-electron chi connectivity index (χ2n) is 6.94. The second kappa shape index (κ2) is 6.28. The van der Waals surface area contributed by atoms with Crippen molar-refractivity contribution in [3.05, 3.63) is 35.4 Å². The van der Waals surface area contributed by atoms with E-state index in [2.05, 4.69) is 39.0 Å². The summed E-state index contributed by atoms with van der Waals surface area (Å²) in [6, 6.07) is 8.34. The van der Waals surface area contributed by atoms with E-state index in [1.807, 2.05) is 13.0 Å². The number of ether oxygens (including phenoxy) is 1. The zero-order valence-corrected chi connectivity index (χ0v) is 13.2. The van der Waals surface area contributed by atoms with Crippen LogP contribution >= 0.6 is 0 Å². The van der Waals surface area contributed by atoms with Crippen LogP contribution in [0.4, 0.5) is 0 Å². The van der Waals surface area contributed by atoms with E-state index in [1.165, 1.54) is 24.8 Å². The topological polar surface area (TPSA) is 29.5 Å². The molecular formula is C18H28O2. The predicted octanol–water partition coefficient (Wildman–Crippen LogP) is 4.44. The van der Waals surface area contributed by atoms with Crippen molar-refractivity contribution in [2.45, 2.75) is 65.1 Å². The molecule has 0 bridgehead atoms. The lowest BCUT2D eigenvalue weighted by Gasteiger charge is -2.36. The van der Waals surface area contributed by atoms with Gasteiger partial charge in [-0.05, 0) is 42.2 Å². The van der Waals surface area contributed by atoms with Crippen LogP contribution in [0.3, 0.4) is 0 Å². The molecule has 112 valence electrons. The van der Waals surface area contributed by atoms with Crippen molar-refractivity contribution in [2.75, 3.05) is 6.61 Å². The molecular weight excluding hydrogens is 248 g/mol. The van der Waals surface area contributed by atoms with Gasteiger partial charge in [0.2, 0.25) is 0 Å². The Hall–Kier alpha value is -0.860. The van der Waals surface area contributed by atoms with E-state index in [0.29, 0.717) is 12.5 Å². The number of rotatable bonds is 5. The summed E-state index contributed by atoms with van der Waals surface area (Å²) in [7, 11) is 0. The van der Waals surface area contributed by atoms with E-state index in [0.717, 1.165) is 5.56 Å². The maximum atomic E-state index is 10.9. The van der Waals surface area contributed by atoms with Gasteiger partial charge in [0.1, 0.15) is 6.10 Å². The van der Waals surface area contributed by atoms with Gasteiger partial charge in [-0.1, -0.05) is 51.5 Å². The van der Waals surface area contributed by atoms with Gasteiger partial charge in [-0.25, -0.2) is 0 Å². The largest absolute Gasteiger partial charge is 0.386 e. The molecule has 1 fully saturated rings. The van der Waals surface area contributed by atoms with Crippen LogP contribution in [0.15, 0.2) is 24.3 Å². The molecule has 1 N–H and O–H groups in total. The highest BCUT2D eigenvalue weighted by molar-refractivity contribution is 5.34. The summed E-state index contributed by atoms with van der Waals surface area (Å²) in [5, 5.41) is 10.9. The third-order valence-corrected chi connectivity index (χ3v) is 4.35. The summed E-state index contributed by atoms with van der Waals surface area (Å²) in [6.07, 6.45) is 3.08. The fourth-order valence-electron chi connectivity index (χ4n) is 3.03. The molecule has 2 heteroatoms. The van der Waals surface area contributed by atoms with Gasteiger partial charge in [-0.3, -0.25) is 0 Å². The number of hydrogen-bond acceptors (Lipinski definition) is 2. The Kier molecular flexibility index (Phi) is 4.87. The molecule has 2 rings (SSSR count). The third-order valence-electron chi connectivity index (χ3n) is 4.35. The van der Waals surface area contributed by atoms with Crippen LogP contribution in [0.5, 0.6) is 0 Å². The van der Waals surface area contributed by atoms with Gasteiger partial charge in [0.05, 0.1) is 6.10 Å². The maximum absolute atomic E-state index is 10.9. The fourth-order valence-corrected chi connectivity index (χ4v) is 3.03. The summed E-state index contributed by atoms with van der Waals surface area (Å²) in [4.78, 5) is 0. The highest BCUT2D eigenvalue weighted by atomic mass is 16.5. The number of aliphatic hydroxyl groups is 1. The molecule has 1 aromatic carbocycles. The van der Waals surface area contributed by atoms with E-state index in [9.17, 15) is 5.11 Å². The normalized spacial score (nSPS) is 19.4. The molecule has 1 aliphatic carbocycles. The van der Waals surface area contributed by atoms with E-state index >= 15 is 0 Å². The number of aliphatic hydroxyl groups excluding tert-OH is 1. The molecule has 0 amide bonds. The first-order chi connectivity index (χ1) is 9.45. The van der Waals surface area contributed by atoms with Gasteiger partial charge in [0.15, 0.2) is 0 Å². The molecule has 0 aliphatic heterocycles. The van der Waals surface area contributed by atoms with Gasteiger partial charge in [-0.15, -0.1) is 0 Å². The lowest BCUT2D eigenvalue weighted by molar-refractivity contribution is -0.0903. The van der Waals surface area contributed by atoms with E-state index in [4.69, 9.17) is 4.74 Å². The minimum atomic E-state index is -0.549. The SMILES string of the molecule is CCOC(C(O)c1ccccc1C1CCC1)C(C)(C)C. The van der Waals surface area contributed by atoms with Gasteiger partial charge in [0, 0.05) is 6.61 Å². The Balaban J connectivity index is 2.28. The van der Waals surface area contributed by atoms with Gasteiger partial charge >= 0.3 is 0 Å². The van der Waals surface area contributed by atoms with Crippen molar-refractivity contribution < 1.29 is 9.84 Å². The summed E-state index contributed by atoms with van der Waals surface area (Å²) >= 11 is 0. The van der Waals surface area contributed by atoms with Crippen LogP contribution in [0.1, 0.15) is 70.1 Å². The molecule has 1 aliphatic rings. The van der Waals surface area contributed by atoms with Gasteiger partial charge < -0.3 is 9.84 Å². The van der Waals surface area contributed by atoms with Crippen molar-refractivity contribution in [1.82, 2.24) is 0 Å². The average molecular weight is 276 g/mol. The number of hydrogen-bond donors (Lipinski definition) is 1. The third kappa shape index (κ3) is 3.24. The predicted molar refractivity (Wildman–Crippen MR) is 82.9 cm³/mol. The standard InChI is InChI=1S/C18H28O2/c1-5-20-17(18(2,3)4)16(19)15-12-7-6-11-14(15)13-9-8-10-13/h6-7,11-13,16-17,19H,5,8-10H2,1-4H3. The molecule has 0 aromatic heterocycles. The molecule has 2 nitrogen and oxygen atoms in total. The van der Waals surface area contributed by atoms with Crippen molar-refractivity contribution in [1.29, 1.82) is 0 Å². The number of benzene rings is 1. The van der Waals surface area contributed by atoms with Crippen molar-refractivity contribution in [3.8, 4) is 0 Å². The highest BCUT2D eigenvalue weighted by Gasteiger charge is 2.35. The lowest BCUT2D eigenvalue weighted by Crippen LogP contribution is -2.36. The first-order valence-corrected chi connectivity index (χ1v) is 7.83. The Morgan fingerprint density at radius 1 is 1.25 bits per heavy atom. The first kappa shape index (κ1) is 15.5. The van der Waals surface area contributed by atoms with Gasteiger partial charge in [-0.2, -0.15) is 0 Å². The van der Waals surface area contributed by atoms with E-state index in [1.54, 1.807) is 0 Å². The van der Waals surface area contributed by atoms with Crippen LogP contribution in [0.25, 0.3) is 0 Å². The summed E-state index contributed by atoms with van der Waals surface area (Å²) in [6.45, 7) is 9.00. The molecule has 0 saturated heterocycles. The van der Waals surface area contributed by atoms with Crippen molar-refractivity contribution in [2.24, 2.45) is 5.41 Å². The van der Waals surface area contributed by atoms with E-state index < -0.39 is 6.10 Å². The molecule has 2 atom stereocenters. The Morgan fingerprint density at radius 2 is 1.90 bits per heavy atom. The molecule has 1 saturated carbocycles. The smallest absolute Gasteiger partial charge is 0.106 e. The van der Waals surface area contributed by atoms with Gasteiger partial charge in [0.25, 0.3) is 0 Å². The monoisotopic (exact) mass is 276 g/mol. The minimum absolute atomic E-state index is 0.0812. The first-order valence-electron chi connectivity index (χ1n) is 7.83. The van der Waals surface area contributed by atoms with Crippen molar-refractivity contribution >= 4 is 0 Å². The molecule has 20 heavy (non-hydrogen) atoms. The Morgan fingerprint density at radius 3 is 2.40 bits per heavy atom. The van der Waals surface area contributed by atoms with Crippen molar-refractivity contribution in [3.63, 3.8) is 0 Å². The second-order valence-corrected chi connectivity index (χ2v) is 6.94. The Bertz CT molecular complexity index is 429. The minimum Gasteiger partial charge on any atom is -0.386 e. The van der Waals surface area contributed by atoms with Crippen LogP contribution in [0.2, 0.25) is 0 Å². The summed E-state index contributed by atoms with van der Waals surface area (Å²) < 4.78 is 5.86. The molecule has 2 unspecified atom stereocenters. The summed E-state index contributed by atoms with van der Waals surface area (Å²) in [5.74, 6) is 0.628. The zero-order chi connectivity index (χ0) is 14.8.